The van der Waals surface area contributed by atoms with E-state index in [0.717, 1.165) is 30.8 Å². The lowest BCUT2D eigenvalue weighted by molar-refractivity contribution is -0.138. The molecule has 1 saturated carbocycles. The van der Waals surface area contributed by atoms with E-state index in [9.17, 15) is 21.6 Å². The van der Waals surface area contributed by atoms with E-state index in [4.69, 9.17) is 0 Å². The van der Waals surface area contributed by atoms with Crippen molar-refractivity contribution in [2.75, 3.05) is 5.75 Å². The van der Waals surface area contributed by atoms with E-state index in [1.807, 2.05) is 18.2 Å². The Morgan fingerprint density at radius 2 is 1.80 bits per heavy atom. The number of hydrogen-bond donors (Lipinski definition) is 0. The Labute approximate surface area is 201 Å². The number of hydrogen-bond acceptors (Lipinski definition) is 5. The van der Waals surface area contributed by atoms with E-state index in [1.165, 1.54) is 23.8 Å². The van der Waals surface area contributed by atoms with Gasteiger partial charge in [-0.1, -0.05) is 13.0 Å². The monoisotopic (exact) mass is 500 g/mol. The predicted molar refractivity (Wildman–Crippen MR) is 126 cm³/mol. The van der Waals surface area contributed by atoms with Crippen LogP contribution in [0.1, 0.15) is 43.9 Å². The maximum absolute atomic E-state index is 13.4. The quantitative estimate of drug-likeness (QED) is 0.333. The number of nitrogens with zero attached hydrogens (tertiary/aromatic N) is 4. The van der Waals surface area contributed by atoms with Crippen molar-refractivity contribution in [3.05, 3.63) is 60.0 Å². The van der Waals surface area contributed by atoms with Gasteiger partial charge in [0, 0.05) is 36.1 Å². The van der Waals surface area contributed by atoms with Gasteiger partial charge in [-0.2, -0.15) is 13.2 Å². The first-order chi connectivity index (χ1) is 16.6. The van der Waals surface area contributed by atoms with Crippen molar-refractivity contribution in [1.29, 1.82) is 0 Å². The molecule has 0 amide bonds. The highest BCUT2D eigenvalue weighted by atomic mass is 32.2. The van der Waals surface area contributed by atoms with Gasteiger partial charge in [-0.15, -0.1) is 0 Å². The molecule has 2 aromatic rings. The molecule has 0 bridgehead atoms. The molecule has 6 nitrogen and oxygen atoms in total. The molecule has 3 aliphatic rings. The van der Waals surface area contributed by atoms with E-state index >= 15 is 0 Å². The Bertz CT molecular complexity index is 1490. The summed E-state index contributed by atoms with van der Waals surface area (Å²) in [6.07, 6.45) is 0.229. The molecular weight excluding hydrogens is 477 g/mol. The number of aromatic nitrogens is 4. The van der Waals surface area contributed by atoms with Crippen LogP contribution < -0.4 is 0 Å². The lowest BCUT2D eigenvalue weighted by Crippen LogP contribution is -2.10. The Morgan fingerprint density at radius 3 is 2.46 bits per heavy atom. The van der Waals surface area contributed by atoms with Crippen LogP contribution >= 0.6 is 0 Å². The molecule has 0 aromatic carbocycles. The van der Waals surface area contributed by atoms with Crippen molar-refractivity contribution in [2.45, 2.75) is 50.2 Å². The lowest BCUT2D eigenvalue weighted by Gasteiger charge is -2.14. The van der Waals surface area contributed by atoms with Crippen LogP contribution in [0.2, 0.25) is 0 Å². The Hall–Kier alpha value is -3.27. The van der Waals surface area contributed by atoms with Gasteiger partial charge in [0.05, 0.1) is 39.0 Å². The molecule has 35 heavy (non-hydrogen) atoms. The highest BCUT2D eigenvalue weighted by Crippen LogP contribution is 2.40. The fraction of sp³-hybridized carbons (Fsp3) is 0.320. The van der Waals surface area contributed by atoms with E-state index in [0.29, 0.717) is 29.4 Å². The van der Waals surface area contributed by atoms with Crippen molar-refractivity contribution in [3.8, 4) is 34.0 Å². The van der Waals surface area contributed by atoms with Crippen LogP contribution in [0.4, 0.5) is 13.2 Å². The number of aryl methyl sites for hydroxylation is 1. The Balaban J connectivity index is 1.67. The summed E-state index contributed by atoms with van der Waals surface area (Å²) in [4.78, 5) is 13.5. The molecule has 0 atom stereocenters. The molecule has 1 fully saturated rings. The van der Waals surface area contributed by atoms with Gasteiger partial charge in [0.15, 0.2) is 9.84 Å². The second-order valence-corrected chi connectivity index (χ2v) is 10.9. The number of rotatable bonds is 6. The Kier molecular flexibility index (Phi) is 5.66. The van der Waals surface area contributed by atoms with Crippen molar-refractivity contribution in [2.24, 2.45) is 0 Å². The highest BCUT2D eigenvalue weighted by molar-refractivity contribution is 7.91. The number of fused-ring (bicyclic) bond motifs is 1. The molecule has 0 spiro atoms. The Morgan fingerprint density at radius 1 is 1.03 bits per heavy atom. The van der Waals surface area contributed by atoms with Crippen LogP contribution in [0.25, 0.3) is 34.0 Å². The zero-order valence-corrected chi connectivity index (χ0v) is 20.0. The third kappa shape index (κ3) is 4.42. The summed E-state index contributed by atoms with van der Waals surface area (Å²) in [6.45, 7) is 3.56. The SMILES string of the molecule is CCn1cc(C(F)(F)F)cc2nc(-c3ncc(-c4cccc(C5CC5)n4)cc3S(=O)(=O)CC)cc1-2. The van der Waals surface area contributed by atoms with Gasteiger partial charge in [-0.3, -0.25) is 9.97 Å². The summed E-state index contributed by atoms with van der Waals surface area (Å²) in [7, 11) is -3.72. The molecule has 0 N–H and O–H groups in total. The zero-order chi connectivity index (χ0) is 25.0. The van der Waals surface area contributed by atoms with Crippen LogP contribution in [0.15, 0.2) is 53.7 Å². The third-order valence-corrected chi connectivity index (χ3v) is 7.96. The molecule has 5 rings (SSSR count). The van der Waals surface area contributed by atoms with Crippen LogP contribution in [-0.4, -0.2) is 33.7 Å². The minimum absolute atomic E-state index is 0.0157. The van der Waals surface area contributed by atoms with Crippen molar-refractivity contribution in [3.63, 3.8) is 0 Å². The first kappa shape index (κ1) is 23.5. The standard InChI is InChI=1S/C25H23F3N4O2S/c1-3-32-14-17(25(26,27)28)11-20-22(32)12-21(31-20)24-23(35(33,34)4-2)10-16(13-29-24)19-7-5-6-18(30-19)15-8-9-15/h5-7,10-15H,3-4,8-9H2,1-2H3. The first-order valence-electron chi connectivity index (χ1n) is 11.4. The van der Waals surface area contributed by atoms with E-state index < -0.39 is 21.6 Å². The average molecular weight is 501 g/mol. The first-order valence-corrected chi connectivity index (χ1v) is 13.0. The summed E-state index contributed by atoms with van der Waals surface area (Å²) in [6, 6.07) is 9.76. The maximum Gasteiger partial charge on any atom is 0.417 e. The van der Waals surface area contributed by atoms with Gasteiger partial charge in [0.1, 0.15) is 5.69 Å². The molecule has 182 valence electrons. The van der Waals surface area contributed by atoms with Crippen LogP contribution in [0.3, 0.4) is 0 Å². The second-order valence-electron chi connectivity index (χ2n) is 8.62. The normalized spacial score (nSPS) is 14.5. The number of sulfone groups is 1. The largest absolute Gasteiger partial charge is 0.417 e. The fourth-order valence-electron chi connectivity index (χ4n) is 4.11. The smallest absolute Gasteiger partial charge is 0.346 e. The summed E-state index contributed by atoms with van der Waals surface area (Å²) < 4.78 is 67.7. The van der Waals surface area contributed by atoms with E-state index in [2.05, 4.69) is 15.0 Å². The van der Waals surface area contributed by atoms with Gasteiger partial charge in [0.2, 0.25) is 0 Å². The molecule has 0 unspecified atom stereocenters. The molecule has 0 saturated heterocycles. The second kappa shape index (κ2) is 8.44. The number of pyridine rings is 3. The number of halogens is 3. The van der Waals surface area contributed by atoms with Crippen molar-refractivity contribution < 1.29 is 21.6 Å². The lowest BCUT2D eigenvalue weighted by atomic mass is 10.1. The van der Waals surface area contributed by atoms with E-state index in [-0.39, 0.29) is 27.7 Å². The molecule has 1 aliphatic carbocycles. The van der Waals surface area contributed by atoms with Crippen LogP contribution in [0.5, 0.6) is 0 Å². The molecule has 10 heteroatoms. The van der Waals surface area contributed by atoms with Crippen LogP contribution in [-0.2, 0) is 22.6 Å². The summed E-state index contributed by atoms with van der Waals surface area (Å²) in [5.41, 5.74) is 2.26. The molecule has 2 aliphatic heterocycles. The topological polar surface area (TPSA) is 77.7 Å². The van der Waals surface area contributed by atoms with Gasteiger partial charge >= 0.3 is 6.18 Å². The van der Waals surface area contributed by atoms with Crippen molar-refractivity contribution >= 4 is 9.84 Å². The van der Waals surface area contributed by atoms with Crippen molar-refractivity contribution in [1.82, 2.24) is 19.5 Å². The fourth-order valence-corrected chi connectivity index (χ4v) is 5.18. The summed E-state index contributed by atoms with van der Waals surface area (Å²) >= 11 is 0. The molecular formula is C25H23F3N4O2S. The minimum Gasteiger partial charge on any atom is -0.346 e. The third-order valence-electron chi connectivity index (χ3n) is 6.21. The zero-order valence-electron chi connectivity index (χ0n) is 19.2. The summed E-state index contributed by atoms with van der Waals surface area (Å²) in [5, 5.41) is 0. The predicted octanol–water partition coefficient (Wildman–Crippen LogP) is 5.82. The van der Waals surface area contributed by atoms with Gasteiger partial charge < -0.3 is 4.57 Å². The average Bonchev–Trinajstić information content (AvgIpc) is 3.61. The number of alkyl halides is 3. The van der Waals surface area contributed by atoms with Crippen LogP contribution in [0, 0.1) is 0 Å². The van der Waals surface area contributed by atoms with E-state index in [1.54, 1.807) is 13.0 Å². The molecule has 4 heterocycles. The molecule has 0 radical (unpaired) electrons. The van der Waals surface area contributed by atoms with Gasteiger partial charge in [0.25, 0.3) is 0 Å². The molecule has 2 aromatic heterocycles. The van der Waals surface area contributed by atoms with Gasteiger partial charge in [-0.05, 0) is 50.1 Å². The maximum atomic E-state index is 13.4. The minimum atomic E-state index is -4.52. The highest BCUT2D eigenvalue weighted by Gasteiger charge is 2.33. The van der Waals surface area contributed by atoms with Gasteiger partial charge in [-0.25, -0.2) is 13.4 Å². The summed E-state index contributed by atoms with van der Waals surface area (Å²) in [5.74, 6) is 0.280.